The predicted octanol–water partition coefficient (Wildman–Crippen LogP) is 1.30. The van der Waals surface area contributed by atoms with Crippen molar-refractivity contribution in [2.24, 2.45) is 0 Å². The second-order valence-corrected chi connectivity index (χ2v) is 8.62. The quantitative estimate of drug-likeness (QED) is 0.368. The molecule has 0 aromatic carbocycles. The molecule has 0 amide bonds. The van der Waals surface area contributed by atoms with Gasteiger partial charge in [0.25, 0.3) is 0 Å². The minimum Gasteiger partial charge on any atom is -0.247 e. The maximum absolute atomic E-state index is 12.6. The Labute approximate surface area is 167 Å². The molecule has 0 unspecified atom stereocenters. The smallest absolute Gasteiger partial charge is 0.247 e. The number of thioether (sulfide) groups is 2. The van der Waals surface area contributed by atoms with E-state index in [0.29, 0.717) is 25.9 Å². The summed E-state index contributed by atoms with van der Waals surface area (Å²) in [6, 6.07) is 0. The van der Waals surface area contributed by atoms with E-state index in [0.717, 1.165) is 39.1 Å². The molecule has 0 fully saturated rings. The van der Waals surface area contributed by atoms with Crippen LogP contribution in [0, 0.1) is 0 Å². The molecule has 144 valence electrons. The summed E-state index contributed by atoms with van der Waals surface area (Å²) in [5.74, 6) is 5.23. The van der Waals surface area contributed by atoms with Crippen molar-refractivity contribution >= 4 is 48.8 Å². The van der Waals surface area contributed by atoms with E-state index < -0.39 is 17.1 Å². The maximum atomic E-state index is 12.6. The third kappa shape index (κ3) is 7.15. The van der Waals surface area contributed by atoms with Gasteiger partial charge in [0.1, 0.15) is 0 Å². The fourth-order valence-corrected chi connectivity index (χ4v) is 4.43. The number of hydrogen-bond donors (Lipinski definition) is 2. The van der Waals surface area contributed by atoms with E-state index in [4.69, 9.17) is 0 Å². The van der Waals surface area contributed by atoms with Crippen LogP contribution >= 0.6 is 48.8 Å². The van der Waals surface area contributed by atoms with Crippen molar-refractivity contribution in [3.8, 4) is 0 Å². The molecule has 1 heterocycles. The molecule has 0 atom stereocenters. The van der Waals surface area contributed by atoms with E-state index in [2.05, 4.69) is 25.3 Å². The first kappa shape index (κ1) is 22.9. The Balaban J connectivity index is 2.92. The lowest BCUT2D eigenvalue weighted by Crippen LogP contribution is -2.54. The summed E-state index contributed by atoms with van der Waals surface area (Å²) in [5, 5.41) is 0. The molecule has 0 aliphatic rings. The van der Waals surface area contributed by atoms with Crippen molar-refractivity contribution < 1.29 is 0 Å². The molecule has 25 heavy (non-hydrogen) atoms. The average molecular weight is 426 g/mol. The van der Waals surface area contributed by atoms with Crippen LogP contribution in [0.2, 0.25) is 0 Å². The zero-order valence-corrected chi connectivity index (χ0v) is 18.0. The first-order chi connectivity index (χ1) is 12.1. The van der Waals surface area contributed by atoms with E-state index >= 15 is 0 Å². The van der Waals surface area contributed by atoms with Gasteiger partial charge in [0.05, 0.1) is 0 Å². The maximum Gasteiger partial charge on any atom is 0.336 e. The van der Waals surface area contributed by atoms with Crippen molar-refractivity contribution in [2.45, 2.75) is 39.4 Å². The summed E-state index contributed by atoms with van der Waals surface area (Å²) >= 11 is 11.8. The van der Waals surface area contributed by atoms with Crippen molar-refractivity contribution in [2.75, 3.05) is 34.5 Å². The molecule has 0 saturated carbocycles. The van der Waals surface area contributed by atoms with E-state index in [1.165, 1.54) is 9.13 Å². The minimum absolute atomic E-state index is 0.265. The molecule has 1 rings (SSSR count). The topological polar surface area (TPSA) is 66.0 Å². The Morgan fingerprint density at radius 2 is 1.12 bits per heavy atom. The van der Waals surface area contributed by atoms with Crippen LogP contribution < -0.4 is 17.1 Å². The monoisotopic (exact) mass is 425 g/mol. The second kappa shape index (κ2) is 13.1. The molecule has 1 aromatic rings. The van der Waals surface area contributed by atoms with Crippen LogP contribution in [0.15, 0.2) is 14.4 Å². The average Bonchev–Trinajstić information content (AvgIpc) is 2.60. The predicted molar refractivity (Wildman–Crippen MR) is 116 cm³/mol. The summed E-state index contributed by atoms with van der Waals surface area (Å²) in [6.45, 7) is 2.69. The van der Waals surface area contributed by atoms with Crippen LogP contribution in [0.4, 0.5) is 0 Å². The zero-order valence-electron chi connectivity index (χ0n) is 14.6. The molecule has 0 bridgehead atoms. The lowest BCUT2D eigenvalue weighted by atomic mass is 10.4. The lowest BCUT2D eigenvalue weighted by molar-refractivity contribution is 0.449. The van der Waals surface area contributed by atoms with Gasteiger partial charge in [-0.05, 0) is 42.8 Å². The third-order valence-corrected chi connectivity index (χ3v) is 6.71. The second-order valence-electron chi connectivity index (χ2n) is 5.27. The summed E-state index contributed by atoms with van der Waals surface area (Å²) in [7, 11) is 0. The van der Waals surface area contributed by atoms with Crippen molar-refractivity contribution in [1.82, 2.24) is 13.7 Å². The van der Waals surface area contributed by atoms with Crippen LogP contribution in [0.25, 0.3) is 0 Å². The molecule has 6 nitrogen and oxygen atoms in total. The Hall–Kier alpha value is -0.190. The number of rotatable bonds is 13. The molecule has 0 N–H and O–H groups in total. The Bertz CT molecular complexity index is 632. The molecule has 10 heteroatoms. The SMILES string of the molecule is CCn1c(=O)n(CCCSCCS)c(=O)n(CCCSCCS)c1=O. The highest BCUT2D eigenvalue weighted by Crippen LogP contribution is 2.04. The fraction of sp³-hybridized carbons (Fsp3) is 0.800. The van der Waals surface area contributed by atoms with Crippen LogP contribution in [-0.2, 0) is 19.6 Å². The summed E-state index contributed by atoms with van der Waals surface area (Å²) in [4.78, 5) is 37.4. The van der Waals surface area contributed by atoms with Crippen LogP contribution in [0.5, 0.6) is 0 Å². The lowest BCUT2D eigenvalue weighted by Gasteiger charge is -2.13. The first-order valence-corrected chi connectivity index (χ1v) is 12.0. The van der Waals surface area contributed by atoms with E-state index in [-0.39, 0.29) is 6.54 Å². The number of thiol groups is 2. The van der Waals surface area contributed by atoms with Gasteiger partial charge in [0.15, 0.2) is 0 Å². The molecular formula is C15H27N3O3S4. The van der Waals surface area contributed by atoms with Gasteiger partial charge in [-0.25, -0.2) is 28.1 Å². The Morgan fingerprint density at radius 3 is 1.48 bits per heavy atom. The van der Waals surface area contributed by atoms with Gasteiger partial charge in [0.2, 0.25) is 0 Å². The number of aromatic nitrogens is 3. The minimum atomic E-state index is -0.502. The van der Waals surface area contributed by atoms with E-state index in [9.17, 15) is 14.4 Å². The van der Waals surface area contributed by atoms with E-state index in [1.807, 2.05) is 0 Å². The molecule has 0 aliphatic carbocycles. The molecule has 1 aromatic heterocycles. The highest BCUT2D eigenvalue weighted by atomic mass is 32.2. The van der Waals surface area contributed by atoms with Gasteiger partial charge in [-0.1, -0.05) is 0 Å². The van der Waals surface area contributed by atoms with Gasteiger partial charge in [-0.15, -0.1) is 0 Å². The summed E-state index contributed by atoms with van der Waals surface area (Å²) < 4.78 is 3.54. The molecule has 0 saturated heterocycles. The Morgan fingerprint density at radius 1 is 0.720 bits per heavy atom. The van der Waals surface area contributed by atoms with Gasteiger partial charge < -0.3 is 0 Å². The van der Waals surface area contributed by atoms with E-state index in [1.54, 1.807) is 30.4 Å². The molecule has 0 aliphatic heterocycles. The molecule has 0 spiro atoms. The van der Waals surface area contributed by atoms with Gasteiger partial charge >= 0.3 is 17.1 Å². The summed E-state index contributed by atoms with van der Waals surface area (Å²) in [5.41, 5.74) is -1.49. The fourth-order valence-electron chi connectivity index (χ4n) is 2.32. The molecular weight excluding hydrogens is 398 g/mol. The largest absolute Gasteiger partial charge is 0.336 e. The highest BCUT2D eigenvalue weighted by molar-refractivity contribution is 8.00. The summed E-state index contributed by atoms with van der Waals surface area (Å²) in [6.07, 6.45) is 1.43. The standard InChI is InChI=1S/C15H27N3O3S4/c1-2-16-13(19)17(5-3-9-24-11-7-22)15(21)18(14(16)20)6-4-10-25-12-8-23/h22-23H,2-12H2,1H3. The zero-order chi connectivity index (χ0) is 18.7. The van der Waals surface area contributed by atoms with Crippen LogP contribution in [0.1, 0.15) is 19.8 Å². The van der Waals surface area contributed by atoms with Gasteiger partial charge in [-0.2, -0.15) is 48.8 Å². The van der Waals surface area contributed by atoms with Crippen LogP contribution in [0.3, 0.4) is 0 Å². The van der Waals surface area contributed by atoms with Gasteiger partial charge in [0, 0.05) is 31.1 Å². The highest BCUT2D eigenvalue weighted by Gasteiger charge is 2.14. The van der Waals surface area contributed by atoms with Crippen molar-refractivity contribution in [3.05, 3.63) is 31.5 Å². The van der Waals surface area contributed by atoms with Crippen LogP contribution in [-0.4, -0.2) is 48.2 Å². The normalized spacial score (nSPS) is 11.2. The number of hydrogen-bond acceptors (Lipinski definition) is 7. The third-order valence-electron chi connectivity index (χ3n) is 3.51. The molecule has 0 radical (unpaired) electrons. The van der Waals surface area contributed by atoms with Crippen molar-refractivity contribution in [3.63, 3.8) is 0 Å². The first-order valence-electron chi connectivity index (χ1n) is 8.40. The van der Waals surface area contributed by atoms with Crippen molar-refractivity contribution in [1.29, 1.82) is 0 Å². The Kier molecular flexibility index (Phi) is 11.9. The number of nitrogens with zero attached hydrogens (tertiary/aromatic N) is 3. The van der Waals surface area contributed by atoms with Gasteiger partial charge in [-0.3, -0.25) is 0 Å².